The molecule has 5 nitrogen and oxygen atoms in total. The van der Waals surface area contributed by atoms with E-state index >= 15 is 0 Å². The minimum atomic E-state index is -1.73. The molecule has 1 fully saturated rings. The number of carbonyl (C=O) groups is 2. The Morgan fingerprint density at radius 1 is 1.33 bits per heavy atom. The lowest BCUT2D eigenvalue weighted by atomic mass is 9.91. The Kier molecular flexibility index (Phi) is 4.81. The molecule has 7 heteroatoms. The van der Waals surface area contributed by atoms with Gasteiger partial charge in [-0.05, 0) is 24.5 Å². The predicted octanol–water partition coefficient (Wildman–Crippen LogP) is 2.11. The van der Waals surface area contributed by atoms with Gasteiger partial charge < -0.3 is 15.1 Å². The van der Waals surface area contributed by atoms with E-state index in [-0.39, 0.29) is 31.8 Å². The summed E-state index contributed by atoms with van der Waals surface area (Å²) in [5.41, 5.74) is -1.33. The van der Waals surface area contributed by atoms with E-state index < -0.39 is 11.6 Å². The van der Waals surface area contributed by atoms with Gasteiger partial charge in [0.15, 0.2) is 5.60 Å². The summed E-state index contributed by atoms with van der Waals surface area (Å²) >= 11 is 7.59. The molecule has 0 atom stereocenters. The monoisotopic (exact) mass is 329 g/mol. The number of halogens is 1. The Morgan fingerprint density at radius 3 is 2.48 bits per heavy atom. The highest BCUT2D eigenvalue weighted by atomic mass is 35.5. The number of carboxylic acid groups (broad SMARTS) is 1. The molecule has 1 heterocycles. The maximum absolute atomic E-state index is 12.5. The molecule has 2 rings (SSSR count). The van der Waals surface area contributed by atoms with Crippen molar-refractivity contribution in [3.63, 3.8) is 0 Å². The number of hydrogen-bond donors (Lipinski definition) is 2. The van der Waals surface area contributed by atoms with Crippen molar-refractivity contribution in [1.29, 1.82) is 0 Å². The summed E-state index contributed by atoms with van der Waals surface area (Å²) in [5.74, 6) is -1.47. The maximum Gasteiger partial charge on any atom is 0.335 e. The van der Waals surface area contributed by atoms with Gasteiger partial charge in [0.25, 0.3) is 5.91 Å². The highest BCUT2D eigenvalue weighted by Crippen LogP contribution is 2.27. The molecule has 21 heavy (non-hydrogen) atoms. The van der Waals surface area contributed by atoms with E-state index in [2.05, 4.69) is 0 Å². The molecule has 1 saturated heterocycles. The van der Waals surface area contributed by atoms with Gasteiger partial charge in [0.1, 0.15) is 0 Å². The van der Waals surface area contributed by atoms with Crippen LogP contribution >= 0.6 is 23.4 Å². The Bertz CT molecular complexity index is 570. The molecule has 1 aliphatic rings. The van der Waals surface area contributed by atoms with Crippen molar-refractivity contribution < 1.29 is 19.8 Å². The van der Waals surface area contributed by atoms with Crippen LogP contribution in [-0.4, -0.2) is 51.9 Å². The fourth-order valence-corrected chi connectivity index (χ4v) is 2.90. The second-order valence-corrected chi connectivity index (χ2v) is 6.26. The van der Waals surface area contributed by atoms with E-state index in [1.54, 1.807) is 12.1 Å². The fraction of sp³-hybridized carbons (Fsp3) is 0.429. The van der Waals surface area contributed by atoms with Crippen LogP contribution in [0.2, 0.25) is 5.02 Å². The smallest absolute Gasteiger partial charge is 0.335 e. The molecular weight excluding hydrogens is 314 g/mol. The first-order chi connectivity index (χ1) is 9.87. The Morgan fingerprint density at radius 2 is 1.95 bits per heavy atom. The average molecular weight is 330 g/mol. The molecule has 1 aromatic carbocycles. The zero-order valence-electron chi connectivity index (χ0n) is 11.5. The van der Waals surface area contributed by atoms with Crippen LogP contribution in [0.25, 0.3) is 0 Å². The number of nitrogens with zero attached hydrogens (tertiary/aromatic N) is 1. The van der Waals surface area contributed by atoms with Gasteiger partial charge in [-0.2, -0.15) is 0 Å². The van der Waals surface area contributed by atoms with Crippen molar-refractivity contribution in [2.24, 2.45) is 0 Å². The first-order valence-corrected chi connectivity index (χ1v) is 8.06. The molecule has 1 amide bonds. The Hall–Kier alpha value is -1.24. The largest absolute Gasteiger partial charge is 0.479 e. The number of aliphatic carboxylic acids is 1. The lowest BCUT2D eigenvalue weighted by molar-refractivity contribution is -0.162. The van der Waals surface area contributed by atoms with Crippen molar-refractivity contribution in [3.05, 3.63) is 28.8 Å². The standard InChI is InChI=1S/C14H16ClNO4S/c1-21-9-2-3-11(15)10(8-9)12(17)16-6-4-14(20,5-7-16)13(18)19/h2-3,8,20H,4-7H2,1H3,(H,18,19). The van der Waals surface area contributed by atoms with Crippen LogP contribution in [0.4, 0.5) is 0 Å². The first kappa shape index (κ1) is 16.1. The number of piperidine rings is 1. The Balaban J connectivity index is 2.14. The second kappa shape index (κ2) is 6.25. The summed E-state index contributed by atoms with van der Waals surface area (Å²) in [6.45, 7) is 0.392. The van der Waals surface area contributed by atoms with Gasteiger partial charge in [-0.25, -0.2) is 4.79 Å². The van der Waals surface area contributed by atoms with Gasteiger partial charge in [-0.15, -0.1) is 11.8 Å². The second-order valence-electron chi connectivity index (χ2n) is 4.97. The molecule has 0 aliphatic carbocycles. The van der Waals surface area contributed by atoms with Crippen molar-refractivity contribution in [2.45, 2.75) is 23.3 Å². The molecule has 0 unspecified atom stereocenters. The number of carbonyl (C=O) groups excluding carboxylic acids is 1. The number of thioether (sulfide) groups is 1. The van der Waals surface area contributed by atoms with Crippen molar-refractivity contribution >= 4 is 35.2 Å². The first-order valence-electron chi connectivity index (χ1n) is 6.46. The molecule has 1 aliphatic heterocycles. The van der Waals surface area contributed by atoms with Crippen LogP contribution in [0.5, 0.6) is 0 Å². The summed E-state index contributed by atoms with van der Waals surface area (Å²) in [6.07, 6.45) is 1.95. The van der Waals surface area contributed by atoms with E-state index in [0.29, 0.717) is 10.6 Å². The summed E-state index contributed by atoms with van der Waals surface area (Å²) in [5, 5.41) is 19.2. The number of carboxylic acids is 1. The maximum atomic E-state index is 12.5. The van der Waals surface area contributed by atoms with E-state index in [4.69, 9.17) is 16.7 Å². The van der Waals surface area contributed by atoms with Gasteiger partial charge in [-0.1, -0.05) is 11.6 Å². The van der Waals surface area contributed by atoms with Crippen LogP contribution in [0.15, 0.2) is 23.1 Å². The predicted molar refractivity (Wildman–Crippen MR) is 81.0 cm³/mol. The molecule has 0 aromatic heterocycles. The minimum absolute atomic E-state index is 0.0217. The lowest BCUT2D eigenvalue weighted by Gasteiger charge is -2.35. The van der Waals surface area contributed by atoms with Crippen molar-refractivity contribution in [1.82, 2.24) is 4.90 Å². The highest BCUT2D eigenvalue weighted by Gasteiger charge is 2.40. The van der Waals surface area contributed by atoms with Crippen molar-refractivity contribution in [2.75, 3.05) is 19.3 Å². The highest BCUT2D eigenvalue weighted by molar-refractivity contribution is 7.98. The molecule has 0 saturated carbocycles. The zero-order valence-corrected chi connectivity index (χ0v) is 13.1. The number of benzene rings is 1. The van der Waals surface area contributed by atoms with Gasteiger partial charge in [0, 0.05) is 30.8 Å². The Labute approximate surface area is 131 Å². The van der Waals surface area contributed by atoms with E-state index in [9.17, 15) is 14.7 Å². The number of likely N-dealkylation sites (tertiary alicyclic amines) is 1. The molecule has 2 N–H and O–H groups in total. The van der Waals surface area contributed by atoms with Gasteiger partial charge in [-0.3, -0.25) is 4.79 Å². The average Bonchev–Trinajstić information content (AvgIpc) is 2.48. The summed E-state index contributed by atoms with van der Waals surface area (Å²) in [7, 11) is 0. The molecule has 114 valence electrons. The summed E-state index contributed by atoms with van der Waals surface area (Å²) in [6, 6.07) is 5.24. The van der Waals surface area contributed by atoms with Gasteiger partial charge in [0.2, 0.25) is 0 Å². The minimum Gasteiger partial charge on any atom is -0.479 e. The molecular formula is C14H16ClNO4S. The third-order valence-corrected chi connectivity index (χ3v) is 4.73. The molecule has 0 spiro atoms. The van der Waals surface area contributed by atoms with E-state index in [0.717, 1.165) is 4.90 Å². The van der Waals surface area contributed by atoms with Crippen LogP contribution in [-0.2, 0) is 4.79 Å². The third kappa shape index (κ3) is 3.33. The van der Waals surface area contributed by atoms with Crippen LogP contribution < -0.4 is 0 Å². The van der Waals surface area contributed by atoms with E-state index in [1.807, 2.05) is 12.3 Å². The number of rotatable bonds is 3. The van der Waals surface area contributed by atoms with Crippen LogP contribution in [0.1, 0.15) is 23.2 Å². The SMILES string of the molecule is CSc1ccc(Cl)c(C(=O)N2CCC(O)(C(=O)O)CC2)c1. The van der Waals surface area contributed by atoms with Crippen molar-refractivity contribution in [3.8, 4) is 0 Å². The van der Waals surface area contributed by atoms with Gasteiger partial charge in [0.05, 0.1) is 10.6 Å². The number of amides is 1. The normalized spacial score (nSPS) is 17.6. The number of aliphatic hydroxyl groups is 1. The quantitative estimate of drug-likeness (QED) is 0.830. The summed E-state index contributed by atoms with van der Waals surface area (Å²) < 4.78 is 0. The topological polar surface area (TPSA) is 77.8 Å². The lowest BCUT2D eigenvalue weighted by Crippen LogP contribution is -2.50. The number of hydrogen-bond acceptors (Lipinski definition) is 4. The summed E-state index contributed by atoms with van der Waals surface area (Å²) in [4.78, 5) is 25.9. The molecule has 0 radical (unpaired) electrons. The van der Waals surface area contributed by atoms with Crippen LogP contribution in [0.3, 0.4) is 0 Å². The third-order valence-electron chi connectivity index (χ3n) is 3.68. The molecule has 0 bridgehead atoms. The van der Waals surface area contributed by atoms with Gasteiger partial charge >= 0.3 is 5.97 Å². The zero-order chi connectivity index (χ0) is 15.6. The van der Waals surface area contributed by atoms with Crippen LogP contribution in [0, 0.1) is 0 Å². The van der Waals surface area contributed by atoms with E-state index in [1.165, 1.54) is 16.7 Å². The fourth-order valence-electron chi connectivity index (χ4n) is 2.26. The molecule has 1 aromatic rings.